The molecule has 9 heteroatoms. The molecule has 2 amide bonds. The van der Waals surface area contributed by atoms with E-state index in [0.717, 1.165) is 64.6 Å². The number of imide groups is 1. The molecule has 0 spiro atoms. The Bertz CT molecular complexity index is 1430. The highest BCUT2D eigenvalue weighted by Crippen LogP contribution is 2.63. The zero-order valence-electron chi connectivity index (χ0n) is 22.6. The van der Waals surface area contributed by atoms with Crippen LogP contribution in [0, 0.1) is 24.2 Å². The molecule has 2 aliphatic heterocycles. The summed E-state index contributed by atoms with van der Waals surface area (Å²) in [5.41, 5.74) is 4.88. The smallest absolute Gasteiger partial charge is 0.234 e. The standard InChI is InChI=1S/C29H34ClN5O2S/c1-6-33-7-8-34(17(3)12-33)14-21-16(2)9-18(30)10-20(21)25-26-22(31-15-32-25)11-19(38-26)13-35-27(36)23-24(28(35)37)29(23,4)5/h9-11,15,17,23-24H,6-8,12-14H2,1-5H3. The number of carbonyl (C=O) groups is 2. The highest BCUT2D eigenvalue weighted by molar-refractivity contribution is 7.19. The van der Waals surface area contributed by atoms with Crippen LogP contribution in [0.15, 0.2) is 24.5 Å². The maximum absolute atomic E-state index is 12.9. The summed E-state index contributed by atoms with van der Waals surface area (Å²) in [6.07, 6.45) is 1.60. The number of piperazine rings is 1. The van der Waals surface area contributed by atoms with Crippen LogP contribution in [0.25, 0.3) is 21.5 Å². The third-order valence-corrected chi connectivity index (χ3v) is 10.3. The van der Waals surface area contributed by atoms with Crippen molar-refractivity contribution in [2.45, 2.75) is 53.8 Å². The molecule has 6 rings (SSSR count). The number of piperidine rings is 1. The van der Waals surface area contributed by atoms with Gasteiger partial charge in [0.05, 0.1) is 34.3 Å². The van der Waals surface area contributed by atoms with Crippen molar-refractivity contribution in [1.29, 1.82) is 0 Å². The van der Waals surface area contributed by atoms with Crippen LogP contribution in [-0.2, 0) is 22.7 Å². The second-order valence-electron chi connectivity index (χ2n) is 11.7. The lowest BCUT2D eigenvalue weighted by molar-refractivity contribution is -0.143. The number of halogens is 1. The number of fused-ring (bicyclic) bond motifs is 2. The number of aryl methyl sites for hydroxylation is 1. The van der Waals surface area contributed by atoms with Crippen LogP contribution in [0.4, 0.5) is 0 Å². The molecule has 1 saturated carbocycles. The summed E-state index contributed by atoms with van der Waals surface area (Å²) in [5.74, 6) is -0.422. The number of likely N-dealkylation sites (N-methyl/N-ethyl adjacent to an activating group) is 1. The Morgan fingerprint density at radius 1 is 1.08 bits per heavy atom. The van der Waals surface area contributed by atoms with Crippen LogP contribution in [0.2, 0.25) is 5.02 Å². The van der Waals surface area contributed by atoms with Crippen molar-refractivity contribution in [1.82, 2.24) is 24.7 Å². The Kier molecular flexibility index (Phi) is 6.37. The average molecular weight is 552 g/mol. The lowest BCUT2D eigenvalue weighted by atomic mass is 9.97. The number of likely N-dealkylation sites (tertiary alicyclic amines) is 1. The fourth-order valence-corrected chi connectivity index (χ4v) is 7.85. The van der Waals surface area contributed by atoms with Crippen molar-refractivity contribution in [3.8, 4) is 11.3 Å². The van der Waals surface area contributed by atoms with Gasteiger partial charge in [0.2, 0.25) is 11.8 Å². The second kappa shape index (κ2) is 9.37. The van der Waals surface area contributed by atoms with E-state index < -0.39 is 0 Å². The molecule has 2 saturated heterocycles. The number of benzene rings is 1. The highest BCUT2D eigenvalue weighted by atomic mass is 35.5. The van der Waals surface area contributed by atoms with Crippen molar-refractivity contribution in [2.75, 3.05) is 26.2 Å². The van der Waals surface area contributed by atoms with E-state index >= 15 is 0 Å². The number of nitrogens with zero attached hydrogens (tertiary/aromatic N) is 5. The van der Waals surface area contributed by atoms with E-state index in [-0.39, 0.29) is 29.1 Å². The topological polar surface area (TPSA) is 69.6 Å². The summed E-state index contributed by atoms with van der Waals surface area (Å²) in [6.45, 7) is 16.0. The molecule has 4 heterocycles. The molecule has 3 fully saturated rings. The van der Waals surface area contributed by atoms with E-state index in [1.165, 1.54) is 10.5 Å². The third-order valence-electron chi connectivity index (χ3n) is 8.92. The second-order valence-corrected chi connectivity index (χ2v) is 13.2. The molecule has 0 N–H and O–H groups in total. The molecule has 3 atom stereocenters. The fraction of sp³-hybridized carbons (Fsp3) is 0.517. The van der Waals surface area contributed by atoms with Gasteiger partial charge in [0.25, 0.3) is 0 Å². The van der Waals surface area contributed by atoms with Gasteiger partial charge >= 0.3 is 0 Å². The number of amides is 2. The number of rotatable bonds is 6. The molecule has 200 valence electrons. The van der Waals surface area contributed by atoms with Crippen molar-refractivity contribution in [2.24, 2.45) is 17.3 Å². The molecule has 2 aromatic heterocycles. The first-order chi connectivity index (χ1) is 18.1. The third kappa shape index (κ3) is 4.17. The molecule has 7 nitrogen and oxygen atoms in total. The van der Waals surface area contributed by atoms with E-state index in [2.05, 4.69) is 35.6 Å². The van der Waals surface area contributed by atoms with E-state index in [1.807, 2.05) is 32.0 Å². The minimum Gasteiger partial charge on any atom is -0.301 e. The van der Waals surface area contributed by atoms with Gasteiger partial charge in [0.15, 0.2) is 0 Å². The lowest BCUT2D eigenvalue weighted by Gasteiger charge is -2.40. The first kappa shape index (κ1) is 25.9. The number of thiophene rings is 1. The minimum atomic E-state index is -0.203. The number of hydrogen-bond donors (Lipinski definition) is 0. The SMILES string of the molecule is CCN1CCN(Cc2c(C)cc(Cl)cc2-c2ncnc3cc(CN4C(=O)C5C(C4=O)C5(C)C)sc23)C(C)C1. The van der Waals surface area contributed by atoms with Gasteiger partial charge in [-0.1, -0.05) is 32.4 Å². The molecule has 38 heavy (non-hydrogen) atoms. The summed E-state index contributed by atoms with van der Waals surface area (Å²) in [6, 6.07) is 6.49. The van der Waals surface area contributed by atoms with Crippen LogP contribution in [0.1, 0.15) is 43.7 Å². The maximum atomic E-state index is 12.9. The van der Waals surface area contributed by atoms with Crippen LogP contribution >= 0.6 is 22.9 Å². The Morgan fingerprint density at radius 3 is 2.50 bits per heavy atom. The summed E-state index contributed by atoms with van der Waals surface area (Å²) >= 11 is 8.14. The highest BCUT2D eigenvalue weighted by Gasteiger charge is 2.72. The van der Waals surface area contributed by atoms with E-state index in [0.29, 0.717) is 17.6 Å². The molecule has 1 aliphatic carbocycles. The van der Waals surface area contributed by atoms with Crippen LogP contribution in [-0.4, -0.2) is 68.7 Å². The van der Waals surface area contributed by atoms with Crippen molar-refractivity contribution >= 4 is 45.0 Å². The van der Waals surface area contributed by atoms with Crippen molar-refractivity contribution < 1.29 is 9.59 Å². The van der Waals surface area contributed by atoms with Crippen LogP contribution < -0.4 is 0 Å². The molecular weight excluding hydrogens is 518 g/mol. The monoisotopic (exact) mass is 551 g/mol. The first-order valence-electron chi connectivity index (χ1n) is 13.4. The van der Waals surface area contributed by atoms with E-state index in [4.69, 9.17) is 16.6 Å². The zero-order valence-corrected chi connectivity index (χ0v) is 24.2. The predicted octanol–water partition coefficient (Wildman–Crippen LogP) is 4.99. The average Bonchev–Trinajstić information content (AvgIpc) is 3.11. The first-order valence-corrected chi connectivity index (χ1v) is 14.6. The molecule has 0 radical (unpaired) electrons. The van der Waals surface area contributed by atoms with Gasteiger partial charge < -0.3 is 4.90 Å². The molecular formula is C29H34ClN5O2S. The molecule has 3 aromatic rings. The predicted molar refractivity (Wildman–Crippen MR) is 151 cm³/mol. The molecule has 3 aliphatic rings. The summed E-state index contributed by atoms with van der Waals surface area (Å²) in [5, 5.41) is 0.684. The van der Waals surface area contributed by atoms with Gasteiger partial charge in [-0.3, -0.25) is 19.4 Å². The fourth-order valence-electron chi connectivity index (χ4n) is 6.48. The van der Waals surface area contributed by atoms with Gasteiger partial charge in [-0.05, 0) is 55.1 Å². The van der Waals surface area contributed by atoms with Crippen LogP contribution in [0.3, 0.4) is 0 Å². The molecule has 0 bridgehead atoms. The summed E-state index contributed by atoms with van der Waals surface area (Å²) in [4.78, 5) is 42.5. The normalized spacial score (nSPS) is 25.4. The van der Waals surface area contributed by atoms with E-state index in [9.17, 15) is 9.59 Å². The van der Waals surface area contributed by atoms with Crippen LogP contribution in [0.5, 0.6) is 0 Å². The zero-order chi connectivity index (χ0) is 26.9. The van der Waals surface area contributed by atoms with Crippen molar-refractivity contribution in [3.05, 3.63) is 45.6 Å². The molecule has 3 unspecified atom stereocenters. The summed E-state index contributed by atoms with van der Waals surface area (Å²) in [7, 11) is 0. The quantitative estimate of drug-likeness (QED) is 0.402. The van der Waals surface area contributed by atoms with Gasteiger partial charge in [-0.15, -0.1) is 11.3 Å². The lowest BCUT2D eigenvalue weighted by Crippen LogP contribution is -2.51. The largest absolute Gasteiger partial charge is 0.301 e. The van der Waals surface area contributed by atoms with Gasteiger partial charge in [0, 0.05) is 47.7 Å². The Labute approximate surface area is 232 Å². The van der Waals surface area contributed by atoms with Crippen molar-refractivity contribution in [3.63, 3.8) is 0 Å². The van der Waals surface area contributed by atoms with E-state index in [1.54, 1.807) is 17.7 Å². The number of aromatic nitrogens is 2. The Hall–Kier alpha value is -2.39. The number of carbonyl (C=O) groups excluding carboxylic acids is 2. The number of hydrogen-bond acceptors (Lipinski definition) is 7. The molecule has 1 aromatic carbocycles. The van der Waals surface area contributed by atoms with Gasteiger partial charge in [0.1, 0.15) is 6.33 Å². The summed E-state index contributed by atoms with van der Waals surface area (Å²) < 4.78 is 0.957. The maximum Gasteiger partial charge on any atom is 0.234 e. The Balaban J connectivity index is 1.33. The van der Waals surface area contributed by atoms with Gasteiger partial charge in [-0.25, -0.2) is 9.97 Å². The Morgan fingerprint density at radius 2 is 1.82 bits per heavy atom. The minimum absolute atomic E-state index is 0.0428. The van der Waals surface area contributed by atoms with Gasteiger partial charge in [-0.2, -0.15) is 0 Å².